The molecule has 7 nitrogen and oxygen atoms in total. The number of aromatic nitrogens is 3. The van der Waals surface area contributed by atoms with E-state index in [0.717, 1.165) is 17.8 Å². The van der Waals surface area contributed by atoms with Crippen LogP contribution >= 0.6 is 11.8 Å². The van der Waals surface area contributed by atoms with Crippen LogP contribution in [0.5, 0.6) is 0 Å². The van der Waals surface area contributed by atoms with Gasteiger partial charge in [-0.05, 0) is 54.8 Å². The predicted molar refractivity (Wildman–Crippen MR) is 143 cm³/mol. The molecule has 1 amide bonds. The molecule has 0 spiro atoms. The molecule has 3 aromatic carbocycles. The summed E-state index contributed by atoms with van der Waals surface area (Å²) in [4.78, 5) is 13.3. The molecule has 1 atom stereocenters. The van der Waals surface area contributed by atoms with E-state index in [1.807, 2.05) is 61.5 Å². The fraction of sp³-hybridized carbons (Fsp3) is 0.222. The lowest BCUT2D eigenvalue weighted by Crippen LogP contribution is -2.25. The van der Waals surface area contributed by atoms with Crippen LogP contribution in [0, 0.1) is 0 Å². The SMILES string of the molecule is CCc1ccc(NC(=O)C(CC)Sc2nnc(CS(=O)(=O)c3ccccc3)n2-c2ccccc2)cc1. The van der Waals surface area contributed by atoms with Crippen molar-refractivity contribution in [3.8, 4) is 5.69 Å². The largest absolute Gasteiger partial charge is 0.325 e. The number of nitrogens with zero attached hydrogens (tertiary/aromatic N) is 3. The lowest BCUT2D eigenvalue weighted by atomic mass is 10.1. The normalized spacial score (nSPS) is 12.3. The number of aryl methyl sites for hydroxylation is 1. The van der Waals surface area contributed by atoms with Crippen LogP contribution < -0.4 is 5.32 Å². The van der Waals surface area contributed by atoms with E-state index in [-0.39, 0.29) is 22.4 Å². The summed E-state index contributed by atoms with van der Waals surface area (Å²) in [5, 5.41) is 11.5. The number of carbonyl (C=O) groups is 1. The summed E-state index contributed by atoms with van der Waals surface area (Å²) >= 11 is 1.27. The zero-order valence-corrected chi connectivity index (χ0v) is 21.8. The van der Waals surface area contributed by atoms with Gasteiger partial charge in [0.1, 0.15) is 5.75 Å². The van der Waals surface area contributed by atoms with Crippen LogP contribution in [0.15, 0.2) is 95.0 Å². The summed E-state index contributed by atoms with van der Waals surface area (Å²) in [6.07, 6.45) is 1.49. The quantitative estimate of drug-likeness (QED) is 0.285. The third kappa shape index (κ3) is 6.03. The minimum absolute atomic E-state index is 0.146. The van der Waals surface area contributed by atoms with Gasteiger partial charge in [0.15, 0.2) is 20.8 Å². The number of hydrogen-bond acceptors (Lipinski definition) is 6. The monoisotopic (exact) mass is 520 g/mol. The second kappa shape index (κ2) is 11.5. The maximum Gasteiger partial charge on any atom is 0.237 e. The Balaban J connectivity index is 1.62. The van der Waals surface area contributed by atoms with Crippen molar-refractivity contribution in [3.05, 3.63) is 96.3 Å². The standard InChI is InChI=1S/C27H28N4O3S2/c1-3-20-15-17-21(18-16-20)28-26(32)24(4-2)35-27-30-29-25(31(27)22-11-7-5-8-12-22)19-36(33,34)23-13-9-6-10-14-23/h5-18,24H,3-4,19H2,1-2H3,(H,28,32). The number of amides is 1. The molecule has 0 fully saturated rings. The first kappa shape index (κ1) is 25.7. The van der Waals surface area contributed by atoms with Crippen LogP contribution in [0.2, 0.25) is 0 Å². The molecule has 0 aliphatic rings. The molecule has 1 heterocycles. The van der Waals surface area contributed by atoms with E-state index < -0.39 is 15.1 Å². The molecule has 0 aliphatic carbocycles. The smallest absolute Gasteiger partial charge is 0.237 e. The fourth-order valence-corrected chi connectivity index (χ4v) is 5.94. The van der Waals surface area contributed by atoms with E-state index >= 15 is 0 Å². The minimum atomic E-state index is -3.64. The van der Waals surface area contributed by atoms with Gasteiger partial charge in [0.2, 0.25) is 5.91 Å². The molecule has 0 saturated carbocycles. The zero-order valence-electron chi connectivity index (χ0n) is 20.2. The molecule has 1 N–H and O–H groups in total. The van der Waals surface area contributed by atoms with Crippen molar-refractivity contribution in [1.82, 2.24) is 14.8 Å². The number of benzene rings is 3. The fourth-order valence-electron chi connectivity index (χ4n) is 3.68. The highest BCUT2D eigenvalue weighted by atomic mass is 32.2. The average molecular weight is 521 g/mol. The molecule has 1 aromatic heterocycles. The average Bonchev–Trinajstić information content (AvgIpc) is 3.29. The van der Waals surface area contributed by atoms with Gasteiger partial charge in [-0.2, -0.15) is 0 Å². The number of nitrogens with one attached hydrogen (secondary N) is 1. The lowest BCUT2D eigenvalue weighted by molar-refractivity contribution is -0.115. The van der Waals surface area contributed by atoms with Crippen LogP contribution in [-0.4, -0.2) is 34.3 Å². The Kier molecular flexibility index (Phi) is 8.22. The van der Waals surface area contributed by atoms with E-state index in [9.17, 15) is 13.2 Å². The number of anilines is 1. The highest BCUT2D eigenvalue weighted by Crippen LogP contribution is 2.29. The van der Waals surface area contributed by atoms with Crippen LogP contribution in [0.4, 0.5) is 5.69 Å². The summed E-state index contributed by atoms with van der Waals surface area (Å²) in [5.41, 5.74) is 2.66. The molecule has 0 bridgehead atoms. The predicted octanol–water partition coefficient (Wildman–Crippen LogP) is 5.31. The second-order valence-corrected chi connectivity index (χ2v) is 11.4. The molecular weight excluding hydrogens is 492 g/mol. The Morgan fingerprint density at radius 3 is 2.17 bits per heavy atom. The van der Waals surface area contributed by atoms with Gasteiger partial charge in [0.05, 0.1) is 10.1 Å². The molecule has 9 heteroatoms. The second-order valence-electron chi connectivity index (χ2n) is 8.20. The van der Waals surface area contributed by atoms with Crippen molar-refractivity contribution < 1.29 is 13.2 Å². The van der Waals surface area contributed by atoms with Crippen molar-refractivity contribution in [3.63, 3.8) is 0 Å². The molecule has 0 saturated heterocycles. The third-order valence-corrected chi connectivity index (χ3v) is 8.61. The Morgan fingerprint density at radius 2 is 1.56 bits per heavy atom. The molecule has 4 aromatic rings. The van der Waals surface area contributed by atoms with E-state index in [1.165, 1.54) is 17.3 Å². The lowest BCUT2D eigenvalue weighted by Gasteiger charge is -2.16. The minimum Gasteiger partial charge on any atom is -0.325 e. The van der Waals surface area contributed by atoms with Crippen molar-refractivity contribution in [2.24, 2.45) is 0 Å². The number of para-hydroxylation sites is 1. The molecule has 36 heavy (non-hydrogen) atoms. The van der Waals surface area contributed by atoms with Crippen LogP contribution in [-0.2, 0) is 26.8 Å². The van der Waals surface area contributed by atoms with Gasteiger partial charge in [-0.15, -0.1) is 10.2 Å². The van der Waals surface area contributed by atoms with Crippen LogP contribution in [0.3, 0.4) is 0 Å². The number of rotatable bonds is 10. The number of hydrogen-bond donors (Lipinski definition) is 1. The van der Waals surface area contributed by atoms with Gasteiger partial charge in [-0.25, -0.2) is 8.42 Å². The van der Waals surface area contributed by atoms with Gasteiger partial charge in [0, 0.05) is 11.4 Å². The molecule has 0 aliphatic heterocycles. The first-order valence-electron chi connectivity index (χ1n) is 11.7. The topological polar surface area (TPSA) is 94.0 Å². The first-order valence-corrected chi connectivity index (χ1v) is 14.3. The highest BCUT2D eigenvalue weighted by molar-refractivity contribution is 8.00. The molecular formula is C27H28N4O3S2. The van der Waals surface area contributed by atoms with Crippen LogP contribution in [0.1, 0.15) is 31.7 Å². The van der Waals surface area contributed by atoms with E-state index in [0.29, 0.717) is 11.6 Å². The number of thioether (sulfide) groups is 1. The van der Waals surface area contributed by atoms with Crippen LogP contribution in [0.25, 0.3) is 5.69 Å². The maximum absolute atomic E-state index is 13.1. The zero-order chi connectivity index (χ0) is 25.5. The maximum atomic E-state index is 13.1. The Morgan fingerprint density at radius 1 is 0.917 bits per heavy atom. The first-order chi connectivity index (χ1) is 17.4. The summed E-state index contributed by atoms with van der Waals surface area (Å²) in [6, 6.07) is 25.4. The van der Waals surface area contributed by atoms with Crippen molar-refractivity contribution >= 4 is 33.2 Å². The van der Waals surface area contributed by atoms with Crippen molar-refractivity contribution in [2.75, 3.05) is 5.32 Å². The molecule has 186 valence electrons. The van der Waals surface area contributed by atoms with E-state index in [4.69, 9.17) is 0 Å². The molecule has 4 rings (SSSR count). The van der Waals surface area contributed by atoms with Crippen molar-refractivity contribution in [2.45, 2.75) is 47.7 Å². The third-order valence-electron chi connectivity index (χ3n) is 5.68. The Labute approximate surface area is 215 Å². The highest BCUT2D eigenvalue weighted by Gasteiger charge is 2.26. The summed E-state index contributed by atoms with van der Waals surface area (Å²) in [5.74, 6) is -0.169. The summed E-state index contributed by atoms with van der Waals surface area (Å²) < 4.78 is 27.9. The molecule has 0 radical (unpaired) electrons. The Hall–Kier alpha value is -3.43. The summed E-state index contributed by atoms with van der Waals surface area (Å²) in [6.45, 7) is 4.01. The number of sulfone groups is 1. The summed E-state index contributed by atoms with van der Waals surface area (Å²) in [7, 11) is -3.64. The molecule has 1 unspecified atom stereocenters. The van der Waals surface area contributed by atoms with Gasteiger partial charge < -0.3 is 5.32 Å². The van der Waals surface area contributed by atoms with Crippen molar-refractivity contribution in [1.29, 1.82) is 0 Å². The van der Waals surface area contributed by atoms with Gasteiger partial charge in [-0.3, -0.25) is 9.36 Å². The van der Waals surface area contributed by atoms with E-state index in [2.05, 4.69) is 22.4 Å². The Bertz CT molecular complexity index is 1400. The van der Waals surface area contributed by atoms with Gasteiger partial charge >= 0.3 is 0 Å². The number of carbonyl (C=O) groups excluding carboxylic acids is 1. The van der Waals surface area contributed by atoms with Gasteiger partial charge in [0.25, 0.3) is 0 Å². The van der Waals surface area contributed by atoms with Gasteiger partial charge in [-0.1, -0.05) is 74.1 Å². The van der Waals surface area contributed by atoms with E-state index in [1.54, 1.807) is 34.9 Å².